The van der Waals surface area contributed by atoms with Crippen molar-refractivity contribution in [2.45, 2.75) is 0 Å². The average Bonchev–Trinajstić information content (AvgIpc) is 3.51. The van der Waals surface area contributed by atoms with E-state index in [1.54, 1.807) is 0 Å². The van der Waals surface area contributed by atoms with E-state index in [2.05, 4.69) is 170 Å². The van der Waals surface area contributed by atoms with E-state index in [1.165, 1.54) is 96.6 Å². The van der Waals surface area contributed by atoms with Gasteiger partial charge in [0.2, 0.25) is 0 Å². The van der Waals surface area contributed by atoms with E-state index in [9.17, 15) is 0 Å². The van der Waals surface area contributed by atoms with Crippen molar-refractivity contribution in [1.29, 1.82) is 0 Å². The zero-order chi connectivity index (χ0) is 30.9. The molecule has 0 bridgehead atoms. The summed E-state index contributed by atoms with van der Waals surface area (Å²) < 4.78 is 2.66. The van der Waals surface area contributed by atoms with Gasteiger partial charge in [0.1, 0.15) is 0 Å². The van der Waals surface area contributed by atoms with Crippen molar-refractivity contribution in [2.24, 2.45) is 0 Å². The second-order valence-corrected chi connectivity index (χ2v) is 13.5. The Morgan fingerprint density at radius 2 is 0.872 bits per heavy atom. The molecule has 10 aromatic rings. The summed E-state index contributed by atoms with van der Waals surface area (Å²) in [4.78, 5) is 0. The molecule has 0 radical (unpaired) electrons. The van der Waals surface area contributed by atoms with E-state index < -0.39 is 0 Å². The van der Waals surface area contributed by atoms with E-state index in [0.717, 1.165) is 0 Å². The molecule has 218 valence electrons. The second kappa shape index (κ2) is 10.4. The molecule has 0 spiro atoms. The van der Waals surface area contributed by atoms with Crippen molar-refractivity contribution in [1.82, 2.24) is 0 Å². The monoisotopic (exact) mass is 612 g/mol. The highest BCUT2D eigenvalue weighted by Crippen LogP contribution is 2.47. The fourth-order valence-electron chi connectivity index (χ4n) is 7.66. The molecule has 0 atom stereocenters. The molecule has 10 rings (SSSR count). The summed E-state index contributed by atoms with van der Waals surface area (Å²) in [5.74, 6) is 0. The van der Waals surface area contributed by atoms with E-state index in [1.807, 2.05) is 11.3 Å². The molecule has 47 heavy (non-hydrogen) atoms. The van der Waals surface area contributed by atoms with Crippen LogP contribution in [0, 0.1) is 0 Å². The molecule has 0 nitrogen and oxygen atoms in total. The topological polar surface area (TPSA) is 0 Å². The first kappa shape index (κ1) is 26.5. The van der Waals surface area contributed by atoms with Gasteiger partial charge in [-0.3, -0.25) is 0 Å². The second-order valence-electron chi connectivity index (χ2n) is 12.5. The Kier molecular flexibility index (Phi) is 5.85. The van der Waals surface area contributed by atoms with Gasteiger partial charge in [-0.05, 0) is 107 Å². The maximum absolute atomic E-state index is 2.43. The standard InChI is InChI=1S/C46H28S/c1-2-12-31-26-33(21-20-29(31)10-1)32-13-9-14-34(27-32)44-38-17-5-6-18-39(38)45(46-36-15-4-3-11-30(36)22-24-40(44)46)35-23-25-43-41(28-35)37-16-7-8-19-42(37)47-43/h1-28H. The van der Waals surface area contributed by atoms with Gasteiger partial charge in [-0.25, -0.2) is 0 Å². The summed E-state index contributed by atoms with van der Waals surface area (Å²) >= 11 is 1.88. The van der Waals surface area contributed by atoms with Crippen LogP contribution in [0.3, 0.4) is 0 Å². The molecule has 0 saturated carbocycles. The Morgan fingerprint density at radius 1 is 0.277 bits per heavy atom. The van der Waals surface area contributed by atoms with Crippen molar-refractivity contribution in [3.63, 3.8) is 0 Å². The van der Waals surface area contributed by atoms with Gasteiger partial charge in [0.05, 0.1) is 0 Å². The molecule has 0 saturated heterocycles. The normalized spacial score (nSPS) is 11.8. The third kappa shape index (κ3) is 4.14. The fraction of sp³-hybridized carbons (Fsp3) is 0. The van der Waals surface area contributed by atoms with Crippen LogP contribution in [0.15, 0.2) is 170 Å². The zero-order valence-corrected chi connectivity index (χ0v) is 26.4. The minimum atomic E-state index is 1.23. The number of thiophene rings is 1. The summed E-state index contributed by atoms with van der Waals surface area (Å²) in [5.41, 5.74) is 7.55. The highest BCUT2D eigenvalue weighted by molar-refractivity contribution is 7.25. The maximum Gasteiger partial charge on any atom is 0.0355 e. The first-order valence-electron chi connectivity index (χ1n) is 16.2. The summed E-state index contributed by atoms with van der Waals surface area (Å²) in [6.45, 7) is 0. The fourth-order valence-corrected chi connectivity index (χ4v) is 8.75. The van der Waals surface area contributed by atoms with Crippen LogP contribution in [0.5, 0.6) is 0 Å². The van der Waals surface area contributed by atoms with Gasteiger partial charge in [0, 0.05) is 20.2 Å². The SMILES string of the molecule is c1cc(-c2ccc3ccccc3c2)cc(-c2c3ccccc3c(-c3ccc4sc5ccccc5c4c3)c3c2ccc2ccccc23)c1. The summed E-state index contributed by atoms with van der Waals surface area (Å²) in [6.07, 6.45) is 0. The summed E-state index contributed by atoms with van der Waals surface area (Å²) in [6, 6.07) is 62.9. The van der Waals surface area contributed by atoms with Gasteiger partial charge in [-0.1, -0.05) is 140 Å². The third-order valence-corrected chi connectivity index (χ3v) is 11.0. The van der Waals surface area contributed by atoms with Crippen LogP contribution in [0.2, 0.25) is 0 Å². The van der Waals surface area contributed by atoms with E-state index >= 15 is 0 Å². The molecule has 0 aliphatic heterocycles. The molecule has 1 heteroatoms. The Hall–Kier alpha value is -5.76. The van der Waals surface area contributed by atoms with E-state index in [-0.39, 0.29) is 0 Å². The molecule has 0 N–H and O–H groups in total. The molecule has 0 amide bonds. The van der Waals surface area contributed by atoms with Crippen LogP contribution < -0.4 is 0 Å². The molecule has 0 fully saturated rings. The largest absolute Gasteiger partial charge is 0.135 e. The zero-order valence-electron chi connectivity index (χ0n) is 25.6. The van der Waals surface area contributed by atoms with Gasteiger partial charge >= 0.3 is 0 Å². The Balaban J connectivity index is 1.30. The lowest BCUT2D eigenvalue weighted by Gasteiger charge is -2.20. The summed E-state index contributed by atoms with van der Waals surface area (Å²) in [5, 5.41) is 12.9. The van der Waals surface area contributed by atoms with Crippen molar-refractivity contribution in [3.05, 3.63) is 170 Å². The Bertz CT molecular complexity index is 2850. The Labute approximate surface area is 276 Å². The van der Waals surface area contributed by atoms with E-state index in [4.69, 9.17) is 0 Å². The van der Waals surface area contributed by atoms with Crippen LogP contribution in [0.4, 0.5) is 0 Å². The highest BCUT2D eigenvalue weighted by atomic mass is 32.1. The quantitative estimate of drug-likeness (QED) is 0.138. The number of rotatable bonds is 3. The lowest BCUT2D eigenvalue weighted by molar-refractivity contribution is 1.63. The first-order valence-corrected chi connectivity index (χ1v) is 17.0. The number of hydrogen-bond acceptors (Lipinski definition) is 1. The molecule has 9 aromatic carbocycles. The molecule has 0 unspecified atom stereocenters. The number of fused-ring (bicyclic) bond motifs is 8. The maximum atomic E-state index is 2.43. The van der Waals surface area contributed by atoms with Crippen LogP contribution in [-0.4, -0.2) is 0 Å². The molecule has 0 aliphatic rings. The predicted molar refractivity (Wildman–Crippen MR) is 206 cm³/mol. The van der Waals surface area contributed by atoms with Gasteiger partial charge in [-0.15, -0.1) is 11.3 Å². The minimum Gasteiger partial charge on any atom is -0.135 e. The van der Waals surface area contributed by atoms with Crippen LogP contribution in [0.1, 0.15) is 0 Å². The molecular weight excluding hydrogens is 585 g/mol. The van der Waals surface area contributed by atoms with Gasteiger partial charge in [-0.2, -0.15) is 0 Å². The van der Waals surface area contributed by atoms with Crippen LogP contribution >= 0.6 is 11.3 Å². The van der Waals surface area contributed by atoms with Crippen molar-refractivity contribution in [2.75, 3.05) is 0 Å². The van der Waals surface area contributed by atoms with Gasteiger partial charge < -0.3 is 0 Å². The predicted octanol–water partition coefficient (Wildman–Crippen LogP) is 13.7. The molecule has 1 aromatic heterocycles. The molecule has 0 aliphatic carbocycles. The first-order chi connectivity index (χ1) is 23.3. The molecule has 1 heterocycles. The molecular formula is C46H28S. The van der Waals surface area contributed by atoms with Crippen molar-refractivity contribution >= 4 is 74.6 Å². The summed E-state index contributed by atoms with van der Waals surface area (Å²) in [7, 11) is 0. The van der Waals surface area contributed by atoms with Gasteiger partial charge in [0.25, 0.3) is 0 Å². The lowest BCUT2D eigenvalue weighted by atomic mass is 9.83. The lowest BCUT2D eigenvalue weighted by Crippen LogP contribution is -1.92. The minimum absolute atomic E-state index is 1.23. The smallest absolute Gasteiger partial charge is 0.0355 e. The number of benzene rings is 9. The number of hydrogen-bond donors (Lipinski definition) is 0. The van der Waals surface area contributed by atoms with Crippen molar-refractivity contribution < 1.29 is 0 Å². The van der Waals surface area contributed by atoms with Crippen molar-refractivity contribution in [3.8, 4) is 33.4 Å². The van der Waals surface area contributed by atoms with Gasteiger partial charge in [0.15, 0.2) is 0 Å². The Morgan fingerprint density at radius 3 is 1.74 bits per heavy atom. The van der Waals surface area contributed by atoms with E-state index in [0.29, 0.717) is 0 Å². The highest BCUT2D eigenvalue weighted by Gasteiger charge is 2.20. The van der Waals surface area contributed by atoms with Crippen LogP contribution in [-0.2, 0) is 0 Å². The van der Waals surface area contributed by atoms with Crippen LogP contribution in [0.25, 0.3) is 96.6 Å². The third-order valence-electron chi connectivity index (χ3n) is 9.81. The average molecular weight is 613 g/mol.